The molecule has 3 amide bonds. The van der Waals surface area contributed by atoms with Crippen molar-refractivity contribution in [3.05, 3.63) is 89.0 Å². The number of anilines is 1. The third-order valence-corrected chi connectivity index (χ3v) is 6.76. The molecule has 1 aliphatic heterocycles. The molecule has 3 aromatic rings. The van der Waals surface area contributed by atoms with E-state index in [0.29, 0.717) is 11.3 Å². The Morgan fingerprint density at radius 3 is 1.95 bits per heavy atom. The lowest BCUT2D eigenvalue weighted by molar-refractivity contribution is -0.146. The van der Waals surface area contributed by atoms with Gasteiger partial charge in [0.15, 0.2) is 0 Å². The zero-order valence-electron chi connectivity index (χ0n) is 22.5. The lowest BCUT2D eigenvalue weighted by atomic mass is 9.87. The van der Waals surface area contributed by atoms with Gasteiger partial charge in [0.05, 0.1) is 18.2 Å². The predicted molar refractivity (Wildman–Crippen MR) is 146 cm³/mol. The van der Waals surface area contributed by atoms with Gasteiger partial charge in [0.25, 0.3) is 17.7 Å². The van der Waals surface area contributed by atoms with Gasteiger partial charge in [-0.15, -0.1) is 0 Å². The van der Waals surface area contributed by atoms with Gasteiger partial charge in [-0.25, -0.2) is 4.79 Å². The standard InChI is InChI=1S/C31H32N2O5/c1-18(2)26(30(37)38-6)33-28(35)24-16-11-21(17-25(24)29(33)36)19-9-14-23(15-10-19)32-27(34)20-7-12-22(13-8-20)31(3,4)5/h7-18,26H,1-6H3,(H,32,34). The number of nitrogens with zero attached hydrogens (tertiary/aromatic N) is 1. The summed E-state index contributed by atoms with van der Waals surface area (Å²) in [5.41, 5.74) is 4.42. The highest BCUT2D eigenvalue weighted by molar-refractivity contribution is 6.23. The molecule has 0 fully saturated rings. The summed E-state index contributed by atoms with van der Waals surface area (Å²) in [4.78, 5) is 52.2. The summed E-state index contributed by atoms with van der Waals surface area (Å²) in [6.07, 6.45) is 0. The van der Waals surface area contributed by atoms with Gasteiger partial charge in [-0.3, -0.25) is 19.3 Å². The zero-order valence-corrected chi connectivity index (χ0v) is 22.5. The second kappa shape index (κ2) is 10.2. The van der Waals surface area contributed by atoms with Crippen LogP contribution in [0.1, 0.15) is 71.3 Å². The fourth-order valence-electron chi connectivity index (χ4n) is 4.56. The number of carbonyl (C=O) groups excluding carboxylic acids is 4. The highest BCUT2D eigenvalue weighted by atomic mass is 16.5. The fraction of sp³-hybridized carbons (Fsp3) is 0.290. The average Bonchev–Trinajstić information content (AvgIpc) is 3.13. The Morgan fingerprint density at radius 2 is 1.39 bits per heavy atom. The molecule has 7 heteroatoms. The lowest BCUT2D eigenvalue weighted by Gasteiger charge is -2.26. The Balaban J connectivity index is 1.52. The van der Waals surface area contributed by atoms with Crippen molar-refractivity contribution in [2.75, 3.05) is 12.4 Å². The van der Waals surface area contributed by atoms with Gasteiger partial charge in [-0.1, -0.05) is 65.0 Å². The van der Waals surface area contributed by atoms with Gasteiger partial charge in [-0.2, -0.15) is 0 Å². The van der Waals surface area contributed by atoms with Crippen molar-refractivity contribution >= 4 is 29.4 Å². The number of hydrogen-bond donors (Lipinski definition) is 1. The molecule has 0 aliphatic carbocycles. The summed E-state index contributed by atoms with van der Waals surface area (Å²) in [5.74, 6) is -2.15. The quantitative estimate of drug-likeness (QED) is 0.338. The minimum absolute atomic E-state index is 0.00998. The van der Waals surface area contributed by atoms with Gasteiger partial charge in [0, 0.05) is 11.3 Å². The molecular formula is C31H32N2O5. The number of carbonyl (C=O) groups is 4. The van der Waals surface area contributed by atoms with E-state index in [1.807, 2.05) is 36.4 Å². The number of benzene rings is 3. The van der Waals surface area contributed by atoms with Gasteiger partial charge in [0.2, 0.25) is 0 Å². The van der Waals surface area contributed by atoms with Crippen LogP contribution in [-0.2, 0) is 14.9 Å². The summed E-state index contributed by atoms with van der Waals surface area (Å²) in [6.45, 7) is 9.90. The molecule has 4 rings (SSSR count). The first-order chi connectivity index (χ1) is 17.9. The molecule has 1 aliphatic rings. The molecule has 7 nitrogen and oxygen atoms in total. The topological polar surface area (TPSA) is 92.8 Å². The fourth-order valence-corrected chi connectivity index (χ4v) is 4.56. The zero-order chi connectivity index (χ0) is 27.8. The monoisotopic (exact) mass is 512 g/mol. The first kappa shape index (κ1) is 26.8. The molecule has 0 bridgehead atoms. The van der Waals surface area contributed by atoms with Gasteiger partial charge in [0.1, 0.15) is 6.04 Å². The molecule has 1 heterocycles. The third-order valence-electron chi connectivity index (χ3n) is 6.76. The second-order valence-electron chi connectivity index (χ2n) is 10.8. The van der Waals surface area contributed by atoms with Crippen LogP contribution >= 0.6 is 0 Å². The van der Waals surface area contributed by atoms with E-state index >= 15 is 0 Å². The van der Waals surface area contributed by atoms with Crippen LogP contribution in [0, 0.1) is 5.92 Å². The Morgan fingerprint density at radius 1 is 0.816 bits per heavy atom. The molecule has 0 saturated carbocycles. The van der Waals surface area contributed by atoms with Crippen molar-refractivity contribution in [3.8, 4) is 11.1 Å². The van der Waals surface area contributed by atoms with Gasteiger partial charge < -0.3 is 10.1 Å². The summed E-state index contributed by atoms with van der Waals surface area (Å²) in [7, 11) is 1.24. The number of methoxy groups -OCH3 is 1. The van der Waals surface area contributed by atoms with Crippen molar-refractivity contribution in [2.45, 2.75) is 46.1 Å². The maximum Gasteiger partial charge on any atom is 0.329 e. The van der Waals surface area contributed by atoms with E-state index in [1.165, 1.54) is 7.11 Å². The molecule has 0 aromatic heterocycles. The van der Waals surface area contributed by atoms with Crippen molar-refractivity contribution in [1.82, 2.24) is 4.90 Å². The SMILES string of the molecule is COC(=O)C(C(C)C)N1C(=O)c2ccc(-c3ccc(NC(=O)c4ccc(C(C)(C)C)cc4)cc3)cc2C1=O. The van der Waals surface area contributed by atoms with Crippen LogP contribution in [0.2, 0.25) is 0 Å². The number of hydrogen-bond acceptors (Lipinski definition) is 5. The van der Waals surface area contributed by atoms with Crippen LogP contribution in [0.5, 0.6) is 0 Å². The lowest BCUT2D eigenvalue weighted by Crippen LogP contribution is -2.48. The minimum Gasteiger partial charge on any atom is -0.467 e. The van der Waals surface area contributed by atoms with Crippen LogP contribution in [0.15, 0.2) is 66.7 Å². The summed E-state index contributed by atoms with van der Waals surface area (Å²) in [6, 6.07) is 18.9. The number of amides is 3. The molecule has 3 aromatic carbocycles. The molecule has 0 saturated heterocycles. The Kier molecular flexibility index (Phi) is 7.22. The van der Waals surface area contributed by atoms with E-state index in [4.69, 9.17) is 4.74 Å². The maximum atomic E-state index is 13.2. The minimum atomic E-state index is -0.997. The predicted octanol–water partition coefficient (Wildman–Crippen LogP) is 5.70. The smallest absolute Gasteiger partial charge is 0.329 e. The van der Waals surface area contributed by atoms with Crippen LogP contribution in [0.25, 0.3) is 11.1 Å². The van der Waals surface area contributed by atoms with E-state index in [9.17, 15) is 19.2 Å². The summed E-state index contributed by atoms with van der Waals surface area (Å²) in [5, 5.41) is 2.91. The van der Waals surface area contributed by atoms with Crippen LogP contribution in [0.3, 0.4) is 0 Å². The first-order valence-corrected chi connectivity index (χ1v) is 12.5. The largest absolute Gasteiger partial charge is 0.467 e. The van der Waals surface area contributed by atoms with Gasteiger partial charge in [-0.05, 0) is 64.4 Å². The van der Waals surface area contributed by atoms with Crippen molar-refractivity contribution < 1.29 is 23.9 Å². The van der Waals surface area contributed by atoms with E-state index in [0.717, 1.165) is 21.6 Å². The van der Waals surface area contributed by atoms with E-state index in [1.54, 1.807) is 44.2 Å². The Hall–Kier alpha value is -4.26. The summed E-state index contributed by atoms with van der Waals surface area (Å²) >= 11 is 0. The van der Waals surface area contributed by atoms with Gasteiger partial charge >= 0.3 is 5.97 Å². The number of nitrogens with one attached hydrogen (secondary N) is 1. The molecule has 1 unspecified atom stereocenters. The molecule has 0 spiro atoms. The Labute approximate surface area is 222 Å². The molecule has 0 radical (unpaired) electrons. The number of esters is 1. The van der Waals surface area contributed by atoms with Crippen molar-refractivity contribution in [3.63, 3.8) is 0 Å². The highest BCUT2D eigenvalue weighted by Gasteiger charge is 2.44. The van der Waals surface area contributed by atoms with Crippen LogP contribution in [0.4, 0.5) is 5.69 Å². The number of rotatable bonds is 6. The number of ether oxygens (including phenoxy) is 1. The number of imide groups is 1. The normalized spacial score (nSPS) is 13.9. The van der Waals surface area contributed by atoms with E-state index < -0.39 is 23.8 Å². The van der Waals surface area contributed by atoms with Crippen LogP contribution in [-0.4, -0.2) is 41.7 Å². The first-order valence-electron chi connectivity index (χ1n) is 12.5. The highest BCUT2D eigenvalue weighted by Crippen LogP contribution is 2.32. The molecular weight excluding hydrogens is 480 g/mol. The Bertz CT molecular complexity index is 1400. The van der Waals surface area contributed by atoms with E-state index in [-0.39, 0.29) is 28.4 Å². The molecule has 196 valence electrons. The van der Waals surface area contributed by atoms with Crippen molar-refractivity contribution in [1.29, 1.82) is 0 Å². The molecule has 1 N–H and O–H groups in total. The maximum absolute atomic E-state index is 13.2. The van der Waals surface area contributed by atoms with Crippen LogP contribution < -0.4 is 5.32 Å². The third kappa shape index (κ3) is 5.09. The summed E-state index contributed by atoms with van der Waals surface area (Å²) < 4.78 is 4.84. The second-order valence-corrected chi connectivity index (χ2v) is 10.8. The number of fused-ring (bicyclic) bond motifs is 1. The molecule has 1 atom stereocenters. The van der Waals surface area contributed by atoms with Crippen molar-refractivity contribution in [2.24, 2.45) is 5.92 Å². The average molecular weight is 513 g/mol. The molecule has 38 heavy (non-hydrogen) atoms. The van der Waals surface area contributed by atoms with E-state index in [2.05, 4.69) is 26.1 Å².